The average Bonchev–Trinajstić information content (AvgIpc) is 3.14. The monoisotopic (exact) mass is 387 g/mol. The van der Waals surface area contributed by atoms with E-state index in [1.165, 1.54) is 23.9 Å². The molecule has 1 aliphatic heterocycles. The minimum Gasteiger partial charge on any atom is -0.290 e. The number of amidine groups is 1. The molecule has 134 valence electrons. The number of carbonyl (C=O) groups is 1. The van der Waals surface area contributed by atoms with Gasteiger partial charge in [0, 0.05) is 29.3 Å². The number of non-ortho nitro benzene ring substituents is 1. The Kier molecular flexibility index (Phi) is 6.30. The van der Waals surface area contributed by atoms with Crippen molar-refractivity contribution < 1.29 is 9.72 Å². The molecule has 1 fully saturated rings. The fourth-order valence-corrected chi connectivity index (χ4v) is 4.13. The number of benzene rings is 2. The molecule has 0 radical (unpaired) electrons. The predicted molar refractivity (Wildman–Crippen MR) is 106 cm³/mol. The Labute approximate surface area is 159 Å². The van der Waals surface area contributed by atoms with Gasteiger partial charge in [-0.2, -0.15) is 0 Å². The highest BCUT2D eigenvalue weighted by atomic mass is 32.2. The maximum atomic E-state index is 12.5. The lowest BCUT2D eigenvalue weighted by Gasteiger charge is -2.15. The number of nitro benzene ring substituents is 1. The maximum Gasteiger partial charge on any atom is 0.269 e. The highest BCUT2D eigenvalue weighted by Gasteiger charge is 2.25. The van der Waals surface area contributed by atoms with Gasteiger partial charge in [0.05, 0.1) is 17.2 Å². The van der Waals surface area contributed by atoms with Gasteiger partial charge >= 0.3 is 0 Å². The number of hydrogen-bond donors (Lipinski definition) is 0. The van der Waals surface area contributed by atoms with E-state index in [2.05, 4.69) is 4.99 Å². The standard InChI is InChI=1S/C18H17N3O3S2/c22-17(13-26-16-8-6-15(7-9-16)21(23)24)20-10-11-25-18(20)19-12-14-4-2-1-3-5-14/h1-9H,10-13H2. The molecule has 0 spiro atoms. The minimum absolute atomic E-state index is 0.00478. The minimum atomic E-state index is -0.434. The number of carbonyl (C=O) groups excluding carboxylic acids is 1. The van der Waals surface area contributed by atoms with E-state index in [1.54, 1.807) is 28.8 Å². The Morgan fingerprint density at radius 1 is 1.19 bits per heavy atom. The molecule has 2 aromatic rings. The molecule has 26 heavy (non-hydrogen) atoms. The van der Waals surface area contributed by atoms with Crippen LogP contribution < -0.4 is 0 Å². The van der Waals surface area contributed by atoms with E-state index >= 15 is 0 Å². The van der Waals surface area contributed by atoms with Crippen molar-refractivity contribution in [2.45, 2.75) is 11.4 Å². The topological polar surface area (TPSA) is 75.8 Å². The molecule has 2 aromatic carbocycles. The van der Waals surface area contributed by atoms with Gasteiger partial charge in [0.25, 0.3) is 5.69 Å². The van der Waals surface area contributed by atoms with Crippen molar-refractivity contribution in [3.8, 4) is 0 Å². The van der Waals surface area contributed by atoms with Crippen molar-refractivity contribution >= 4 is 40.3 Å². The van der Waals surface area contributed by atoms with Crippen LogP contribution in [0.15, 0.2) is 64.5 Å². The molecular formula is C18H17N3O3S2. The number of nitro groups is 1. The molecule has 0 unspecified atom stereocenters. The van der Waals surface area contributed by atoms with Crippen molar-refractivity contribution in [2.75, 3.05) is 18.1 Å². The molecule has 0 aliphatic carbocycles. The lowest BCUT2D eigenvalue weighted by Crippen LogP contribution is -2.33. The predicted octanol–water partition coefficient (Wildman–Crippen LogP) is 3.82. The molecule has 1 saturated heterocycles. The largest absolute Gasteiger partial charge is 0.290 e. The fraction of sp³-hybridized carbons (Fsp3) is 0.222. The van der Waals surface area contributed by atoms with E-state index in [9.17, 15) is 14.9 Å². The molecule has 0 atom stereocenters. The van der Waals surface area contributed by atoms with Crippen molar-refractivity contribution in [3.05, 3.63) is 70.3 Å². The van der Waals surface area contributed by atoms with E-state index in [-0.39, 0.29) is 17.3 Å². The van der Waals surface area contributed by atoms with Crippen LogP contribution in [0.4, 0.5) is 5.69 Å². The van der Waals surface area contributed by atoms with Gasteiger partial charge in [0.15, 0.2) is 5.17 Å². The summed E-state index contributed by atoms with van der Waals surface area (Å²) in [5.41, 5.74) is 1.16. The summed E-state index contributed by atoms with van der Waals surface area (Å²) < 4.78 is 0. The number of hydrogen-bond acceptors (Lipinski definition) is 6. The van der Waals surface area contributed by atoms with Gasteiger partial charge in [0.1, 0.15) is 0 Å². The van der Waals surface area contributed by atoms with Gasteiger partial charge in [-0.1, -0.05) is 42.1 Å². The first-order valence-corrected chi connectivity index (χ1v) is 9.99. The second-order valence-electron chi connectivity index (χ2n) is 5.52. The SMILES string of the molecule is O=C(CSc1ccc([N+](=O)[O-])cc1)N1CCSC1=NCc1ccccc1. The molecule has 0 aromatic heterocycles. The third-order valence-corrected chi connectivity index (χ3v) is 5.72. The van der Waals surface area contributed by atoms with Gasteiger partial charge in [0.2, 0.25) is 5.91 Å². The van der Waals surface area contributed by atoms with Gasteiger partial charge in [-0.05, 0) is 17.7 Å². The van der Waals surface area contributed by atoms with E-state index < -0.39 is 4.92 Å². The Morgan fingerprint density at radius 3 is 2.62 bits per heavy atom. The summed E-state index contributed by atoms with van der Waals surface area (Å²) >= 11 is 2.97. The first kappa shape index (κ1) is 18.5. The van der Waals surface area contributed by atoms with Crippen LogP contribution >= 0.6 is 23.5 Å². The normalized spacial score (nSPS) is 15.4. The molecule has 6 nitrogen and oxygen atoms in total. The third kappa shape index (κ3) is 4.86. The van der Waals surface area contributed by atoms with Crippen molar-refractivity contribution in [1.29, 1.82) is 0 Å². The van der Waals surface area contributed by atoms with Crippen LogP contribution in [0, 0.1) is 10.1 Å². The molecule has 8 heteroatoms. The Bertz CT molecular complexity index is 810. The van der Waals surface area contributed by atoms with Crippen LogP contribution in [0.3, 0.4) is 0 Å². The summed E-state index contributed by atoms with van der Waals surface area (Å²) in [7, 11) is 0. The Balaban J connectivity index is 1.57. The highest BCUT2D eigenvalue weighted by molar-refractivity contribution is 8.14. The summed E-state index contributed by atoms with van der Waals surface area (Å²) in [4.78, 5) is 29.9. The summed E-state index contributed by atoms with van der Waals surface area (Å²) in [6, 6.07) is 16.2. The Hall–Kier alpha value is -2.32. The summed E-state index contributed by atoms with van der Waals surface area (Å²) in [6.45, 7) is 1.22. The van der Waals surface area contributed by atoms with E-state index in [0.29, 0.717) is 13.1 Å². The van der Waals surface area contributed by atoms with Gasteiger partial charge in [-0.15, -0.1) is 11.8 Å². The first-order valence-electron chi connectivity index (χ1n) is 8.02. The third-order valence-electron chi connectivity index (χ3n) is 3.73. The fourth-order valence-electron chi connectivity index (χ4n) is 2.39. The quantitative estimate of drug-likeness (QED) is 0.428. The lowest BCUT2D eigenvalue weighted by molar-refractivity contribution is -0.384. The molecule has 0 saturated carbocycles. The van der Waals surface area contributed by atoms with Gasteiger partial charge in [-0.3, -0.25) is 24.8 Å². The molecule has 1 heterocycles. The zero-order chi connectivity index (χ0) is 18.4. The molecule has 0 bridgehead atoms. The number of rotatable bonds is 6. The van der Waals surface area contributed by atoms with Gasteiger partial charge < -0.3 is 0 Å². The zero-order valence-electron chi connectivity index (χ0n) is 13.9. The number of aliphatic imine (C=N–C) groups is 1. The molecule has 1 aliphatic rings. The number of amides is 1. The van der Waals surface area contributed by atoms with Crippen molar-refractivity contribution in [2.24, 2.45) is 4.99 Å². The van der Waals surface area contributed by atoms with Crippen LogP contribution in [-0.4, -0.2) is 38.9 Å². The summed E-state index contributed by atoms with van der Waals surface area (Å²) in [6.07, 6.45) is 0. The number of nitrogens with zero attached hydrogens (tertiary/aromatic N) is 3. The van der Waals surface area contributed by atoms with Crippen molar-refractivity contribution in [1.82, 2.24) is 4.90 Å². The highest BCUT2D eigenvalue weighted by Crippen LogP contribution is 2.24. The van der Waals surface area contributed by atoms with Crippen LogP contribution in [-0.2, 0) is 11.3 Å². The van der Waals surface area contributed by atoms with E-state index in [0.717, 1.165) is 21.4 Å². The summed E-state index contributed by atoms with van der Waals surface area (Å²) in [5.74, 6) is 1.13. The second-order valence-corrected chi connectivity index (χ2v) is 7.63. The summed E-state index contributed by atoms with van der Waals surface area (Å²) in [5, 5.41) is 11.4. The first-order chi connectivity index (χ1) is 12.6. The van der Waals surface area contributed by atoms with Crippen LogP contribution in [0.1, 0.15) is 5.56 Å². The Morgan fingerprint density at radius 2 is 1.92 bits per heavy atom. The number of thioether (sulfide) groups is 2. The van der Waals surface area contributed by atoms with Crippen LogP contribution in [0.2, 0.25) is 0 Å². The van der Waals surface area contributed by atoms with Crippen LogP contribution in [0.5, 0.6) is 0 Å². The average molecular weight is 387 g/mol. The van der Waals surface area contributed by atoms with E-state index in [4.69, 9.17) is 0 Å². The molecule has 1 amide bonds. The smallest absolute Gasteiger partial charge is 0.269 e. The van der Waals surface area contributed by atoms with Crippen LogP contribution in [0.25, 0.3) is 0 Å². The molecular weight excluding hydrogens is 370 g/mol. The molecule has 3 rings (SSSR count). The second kappa shape index (κ2) is 8.86. The van der Waals surface area contributed by atoms with Crippen molar-refractivity contribution in [3.63, 3.8) is 0 Å². The molecule has 0 N–H and O–H groups in total. The zero-order valence-corrected chi connectivity index (χ0v) is 15.5. The maximum absolute atomic E-state index is 12.5. The van der Waals surface area contributed by atoms with E-state index in [1.807, 2.05) is 30.3 Å². The lowest BCUT2D eigenvalue weighted by atomic mass is 10.2. The van der Waals surface area contributed by atoms with Gasteiger partial charge in [-0.25, -0.2) is 0 Å².